The van der Waals surface area contributed by atoms with E-state index in [1.807, 2.05) is 23.7 Å². The first-order valence-corrected chi connectivity index (χ1v) is 7.66. The highest BCUT2D eigenvalue weighted by Gasteiger charge is 2.10. The van der Waals surface area contributed by atoms with Gasteiger partial charge in [-0.1, -0.05) is 32.4 Å². The highest BCUT2D eigenvalue weighted by molar-refractivity contribution is 9.09. The van der Waals surface area contributed by atoms with E-state index in [-0.39, 0.29) is 0 Å². The lowest BCUT2D eigenvalue weighted by molar-refractivity contribution is 0.419. The molecule has 0 bridgehead atoms. The third-order valence-electron chi connectivity index (χ3n) is 2.44. The minimum absolute atomic E-state index is 0.462. The second-order valence-electron chi connectivity index (χ2n) is 3.84. The molecule has 0 N–H and O–H groups in total. The van der Waals surface area contributed by atoms with Gasteiger partial charge in [0, 0.05) is 17.9 Å². The maximum atomic E-state index is 5.22. The Morgan fingerprint density at radius 3 is 3.16 bits per heavy atom. The van der Waals surface area contributed by atoms with E-state index in [2.05, 4.69) is 36.4 Å². The first-order valence-electron chi connectivity index (χ1n) is 5.66. The van der Waals surface area contributed by atoms with Gasteiger partial charge in [-0.15, -0.1) is 16.4 Å². The third kappa shape index (κ3) is 2.90. The van der Waals surface area contributed by atoms with Gasteiger partial charge in [0.25, 0.3) is 5.89 Å². The smallest absolute Gasteiger partial charge is 0.268 e. The topological polar surface area (TPSA) is 69.6 Å². The molecule has 0 aliphatic heterocycles. The molecule has 0 unspecified atom stereocenters. The molecule has 19 heavy (non-hydrogen) atoms. The number of thiophene rings is 1. The van der Waals surface area contributed by atoms with Crippen molar-refractivity contribution in [2.45, 2.75) is 13.0 Å². The summed E-state index contributed by atoms with van der Waals surface area (Å²) in [6.07, 6.45) is 2.75. The summed E-state index contributed by atoms with van der Waals surface area (Å²) in [4.78, 5) is 5.31. The highest BCUT2D eigenvalue weighted by atomic mass is 79.9. The Hall–Kier alpha value is -1.54. The van der Waals surface area contributed by atoms with Gasteiger partial charge in [-0.05, 0) is 11.4 Å². The van der Waals surface area contributed by atoms with Crippen LogP contribution in [0.5, 0.6) is 0 Å². The molecule has 0 saturated heterocycles. The summed E-state index contributed by atoms with van der Waals surface area (Å²) in [5.74, 6) is 1.14. The standard InChI is InChI=1S/C11H10BrN5OS/c12-4-3-8-6-17(16-14-8)7-10-13-11(18-15-10)9-2-1-5-19-9/h1-2,5-6H,3-4,7H2. The van der Waals surface area contributed by atoms with E-state index >= 15 is 0 Å². The van der Waals surface area contributed by atoms with Crippen molar-refractivity contribution >= 4 is 27.3 Å². The first-order chi connectivity index (χ1) is 9.35. The molecule has 8 heteroatoms. The third-order valence-corrected chi connectivity index (χ3v) is 3.69. The largest absolute Gasteiger partial charge is 0.333 e. The van der Waals surface area contributed by atoms with E-state index in [9.17, 15) is 0 Å². The molecule has 0 atom stereocenters. The van der Waals surface area contributed by atoms with E-state index in [1.165, 1.54) is 0 Å². The van der Waals surface area contributed by atoms with Crippen LogP contribution in [0.3, 0.4) is 0 Å². The van der Waals surface area contributed by atoms with Crippen molar-refractivity contribution < 1.29 is 4.52 Å². The fourth-order valence-corrected chi connectivity index (χ4v) is 2.64. The molecular weight excluding hydrogens is 330 g/mol. The van der Waals surface area contributed by atoms with Crippen molar-refractivity contribution in [2.24, 2.45) is 0 Å². The van der Waals surface area contributed by atoms with Crippen LogP contribution in [-0.2, 0) is 13.0 Å². The van der Waals surface area contributed by atoms with Crippen LogP contribution >= 0.6 is 27.3 Å². The first kappa shape index (κ1) is 12.5. The quantitative estimate of drug-likeness (QED) is 0.667. The van der Waals surface area contributed by atoms with E-state index in [0.29, 0.717) is 18.3 Å². The van der Waals surface area contributed by atoms with Gasteiger partial charge in [0.05, 0.1) is 10.6 Å². The summed E-state index contributed by atoms with van der Waals surface area (Å²) >= 11 is 4.94. The maximum Gasteiger partial charge on any atom is 0.268 e. The summed E-state index contributed by atoms with van der Waals surface area (Å²) in [6, 6.07) is 3.90. The van der Waals surface area contributed by atoms with Crippen LogP contribution in [0.25, 0.3) is 10.8 Å². The van der Waals surface area contributed by atoms with Crippen LogP contribution in [-0.4, -0.2) is 30.5 Å². The molecule has 0 aliphatic rings. The Balaban J connectivity index is 1.72. The van der Waals surface area contributed by atoms with Crippen LogP contribution in [0.15, 0.2) is 28.2 Å². The zero-order valence-corrected chi connectivity index (χ0v) is 12.3. The zero-order valence-electron chi connectivity index (χ0n) is 9.86. The normalized spacial score (nSPS) is 11.0. The fourth-order valence-electron chi connectivity index (χ4n) is 1.59. The Bertz CT molecular complexity index is 648. The molecule has 3 rings (SSSR count). The molecule has 98 valence electrons. The zero-order chi connectivity index (χ0) is 13.1. The second kappa shape index (κ2) is 5.62. The molecule has 3 aromatic rings. The van der Waals surface area contributed by atoms with Gasteiger partial charge in [-0.3, -0.25) is 0 Å². The SMILES string of the molecule is BrCCc1cn(Cc2noc(-c3cccs3)n2)nn1. The number of halogens is 1. The number of aryl methyl sites for hydroxylation is 1. The van der Waals surface area contributed by atoms with Crippen molar-refractivity contribution in [3.8, 4) is 10.8 Å². The van der Waals surface area contributed by atoms with Gasteiger partial charge < -0.3 is 4.52 Å². The lowest BCUT2D eigenvalue weighted by Crippen LogP contribution is -2.02. The summed E-state index contributed by atoms with van der Waals surface area (Å²) < 4.78 is 6.93. The summed E-state index contributed by atoms with van der Waals surface area (Å²) in [6.45, 7) is 0.462. The van der Waals surface area contributed by atoms with Crippen molar-refractivity contribution in [1.82, 2.24) is 25.1 Å². The Morgan fingerprint density at radius 1 is 1.42 bits per heavy atom. The molecule has 3 aromatic heterocycles. The molecule has 0 spiro atoms. The van der Waals surface area contributed by atoms with Crippen LogP contribution in [0, 0.1) is 0 Å². The molecule has 3 heterocycles. The van der Waals surface area contributed by atoms with Crippen molar-refractivity contribution in [1.29, 1.82) is 0 Å². The lowest BCUT2D eigenvalue weighted by Gasteiger charge is -1.92. The van der Waals surface area contributed by atoms with Crippen LogP contribution in [0.1, 0.15) is 11.5 Å². The Kier molecular flexibility index (Phi) is 3.69. The highest BCUT2D eigenvalue weighted by Crippen LogP contribution is 2.22. The molecule has 0 amide bonds. The predicted molar refractivity (Wildman–Crippen MR) is 74.2 cm³/mol. The number of rotatable bonds is 5. The minimum atomic E-state index is 0.462. The van der Waals surface area contributed by atoms with Crippen LogP contribution in [0.4, 0.5) is 0 Å². The Labute approximate surface area is 121 Å². The molecular formula is C11H10BrN5OS. The molecule has 6 nitrogen and oxygen atoms in total. The average molecular weight is 340 g/mol. The van der Waals surface area contributed by atoms with E-state index in [1.54, 1.807) is 16.0 Å². The van der Waals surface area contributed by atoms with Crippen molar-refractivity contribution in [2.75, 3.05) is 5.33 Å². The van der Waals surface area contributed by atoms with Gasteiger partial charge in [-0.25, -0.2) is 4.68 Å². The molecule has 0 saturated carbocycles. The fraction of sp³-hybridized carbons (Fsp3) is 0.273. The van der Waals surface area contributed by atoms with E-state index < -0.39 is 0 Å². The maximum absolute atomic E-state index is 5.22. The van der Waals surface area contributed by atoms with Crippen LogP contribution < -0.4 is 0 Å². The molecule has 0 fully saturated rings. The molecule has 0 aliphatic carbocycles. The number of nitrogens with zero attached hydrogens (tertiary/aromatic N) is 5. The number of aromatic nitrogens is 5. The summed E-state index contributed by atoms with van der Waals surface area (Å²) in [5, 5.41) is 14.9. The van der Waals surface area contributed by atoms with Gasteiger partial charge in [0.1, 0.15) is 6.54 Å². The van der Waals surface area contributed by atoms with Crippen molar-refractivity contribution in [3.63, 3.8) is 0 Å². The van der Waals surface area contributed by atoms with Gasteiger partial charge in [-0.2, -0.15) is 4.98 Å². The average Bonchev–Trinajstić information content (AvgIpc) is 3.10. The van der Waals surface area contributed by atoms with Gasteiger partial charge >= 0.3 is 0 Å². The lowest BCUT2D eigenvalue weighted by atomic mass is 10.4. The number of hydrogen-bond acceptors (Lipinski definition) is 6. The summed E-state index contributed by atoms with van der Waals surface area (Å²) in [5.41, 5.74) is 0.943. The van der Waals surface area contributed by atoms with Gasteiger partial charge in [0.15, 0.2) is 5.82 Å². The van der Waals surface area contributed by atoms with Crippen molar-refractivity contribution in [3.05, 3.63) is 35.2 Å². The molecule has 0 radical (unpaired) electrons. The second-order valence-corrected chi connectivity index (χ2v) is 5.58. The predicted octanol–water partition coefficient (Wildman–Crippen LogP) is 2.38. The number of hydrogen-bond donors (Lipinski definition) is 0. The summed E-state index contributed by atoms with van der Waals surface area (Å²) in [7, 11) is 0. The van der Waals surface area contributed by atoms with Gasteiger partial charge in [0.2, 0.25) is 0 Å². The number of alkyl halides is 1. The molecule has 0 aromatic carbocycles. The van der Waals surface area contributed by atoms with E-state index in [0.717, 1.165) is 22.3 Å². The van der Waals surface area contributed by atoms with E-state index in [4.69, 9.17) is 4.52 Å². The van der Waals surface area contributed by atoms with Crippen LogP contribution in [0.2, 0.25) is 0 Å². The monoisotopic (exact) mass is 339 g/mol. The Morgan fingerprint density at radius 2 is 2.37 bits per heavy atom. The minimum Gasteiger partial charge on any atom is -0.333 e.